The first kappa shape index (κ1) is 11.1. The lowest BCUT2D eigenvalue weighted by atomic mass is 10.1. The molecular weight excluding hydrogens is 221 g/mol. The largest absolute Gasteiger partial charge is 0.398 e. The van der Waals surface area contributed by atoms with Crippen LogP contribution in [-0.4, -0.2) is 10.9 Å². The van der Waals surface area contributed by atoms with Gasteiger partial charge in [0.25, 0.3) is 5.91 Å². The lowest BCUT2D eigenvalue weighted by molar-refractivity contribution is 0.102. The van der Waals surface area contributed by atoms with E-state index in [0.717, 1.165) is 6.20 Å². The summed E-state index contributed by atoms with van der Waals surface area (Å²) in [6.07, 6.45) is 1.03. The molecule has 3 N–H and O–H groups in total. The number of halogens is 1. The highest BCUT2D eigenvalue weighted by Gasteiger charge is 2.09. The summed E-state index contributed by atoms with van der Waals surface area (Å²) in [5, 5.41) is 2.53. The Morgan fingerprint density at radius 1 is 1.24 bits per heavy atom. The number of amides is 1. The second-order valence-corrected chi connectivity index (χ2v) is 3.40. The third-order valence-electron chi connectivity index (χ3n) is 2.17. The van der Waals surface area contributed by atoms with Gasteiger partial charge in [-0.3, -0.25) is 4.79 Å². The molecule has 0 aliphatic heterocycles. The Balaban J connectivity index is 2.17. The maximum absolute atomic E-state index is 12.6. The first-order valence-electron chi connectivity index (χ1n) is 4.94. The van der Waals surface area contributed by atoms with Crippen molar-refractivity contribution < 1.29 is 9.18 Å². The van der Waals surface area contributed by atoms with Crippen LogP contribution in [0.2, 0.25) is 0 Å². The number of nitrogens with one attached hydrogen (secondary N) is 1. The number of nitrogen functional groups attached to an aromatic ring is 1. The summed E-state index contributed by atoms with van der Waals surface area (Å²) in [4.78, 5) is 15.5. The first-order chi connectivity index (χ1) is 8.16. The van der Waals surface area contributed by atoms with Crippen LogP contribution in [0, 0.1) is 5.82 Å². The quantitative estimate of drug-likeness (QED) is 0.777. The van der Waals surface area contributed by atoms with Crippen LogP contribution in [0.15, 0.2) is 42.6 Å². The van der Waals surface area contributed by atoms with Gasteiger partial charge < -0.3 is 11.1 Å². The van der Waals surface area contributed by atoms with E-state index in [-0.39, 0.29) is 11.7 Å². The van der Waals surface area contributed by atoms with E-state index < -0.39 is 5.82 Å². The van der Waals surface area contributed by atoms with Crippen LogP contribution in [0.1, 0.15) is 10.4 Å². The average molecular weight is 231 g/mol. The van der Waals surface area contributed by atoms with Crippen molar-refractivity contribution in [3.63, 3.8) is 0 Å². The fraction of sp³-hybridized carbons (Fsp3) is 0. The summed E-state index contributed by atoms with van der Waals surface area (Å²) in [6.45, 7) is 0. The van der Waals surface area contributed by atoms with Gasteiger partial charge in [0.05, 0.1) is 11.8 Å². The number of rotatable bonds is 2. The van der Waals surface area contributed by atoms with E-state index >= 15 is 0 Å². The molecule has 0 bridgehead atoms. The molecule has 0 fully saturated rings. The molecule has 86 valence electrons. The van der Waals surface area contributed by atoms with Gasteiger partial charge in [-0.2, -0.15) is 0 Å². The molecule has 0 unspecified atom stereocenters. The van der Waals surface area contributed by atoms with Gasteiger partial charge in [-0.05, 0) is 24.3 Å². The predicted molar refractivity (Wildman–Crippen MR) is 63.0 cm³/mol. The van der Waals surface area contributed by atoms with Crippen LogP contribution < -0.4 is 11.1 Å². The standard InChI is InChI=1S/C12H10FN3O/c13-8-5-6-11(15-7-8)16-12(17)9-3-1-2-4-10(9)14/h1-7H,14H2,(H,15,16,17). The summed E-state index contributed by atoms with van der Waals surface area (Å²) < 4.78 is 12.6. The molecule has 0 saturated carbocycles. The Kier molecular flexibility index (Phi) is 3.00. The lowest BCUT2D eigenvalue weighted by Crippen LogP contribution is -2.14. The highest BCUT2D eigenvalue weighted by atomic mass is 19.1. The Morgan fingerprint density at radius 3 is 2.65 bits per heavy atom. The van der Waals surface area contributed by atoms with Gasteiger partial charge in [-0.1, -0.05) is 12.1 Å². The van der Waals surface area contributed by atoms with Crippen LogP contribution in [-0.2, 0) is 0 Å². The second-order valence-electron chi connectivity index (χ2n) is 3.40. The van der Waals surface area contributed by atoms with E-state index in [0.29, 0.717) is 11.3 Å². The number of benzene rings is 1. The van der Waals surface area contributed by atoms with Gasteiger partial charge in [0.2, 0.25) is 0 Å². The predicted octanol–water partition coefficient (Wildman–Crippen LogP) is 2.06. The van der Waals surface area contributed by atoms with E-state index in [2.05, 4.69) is 10.3 Å². The van der Waals surface area contributed by atoms with Crippen LogP contribution in [0.25, 0.3) is 0 Å². The molecule has 2 aromatic rings. The molecule has 1 heterocycles. The van der Waals surface area contributed by atoms with Crippen molar-refractivity contribution in [2.24, 2.45) is 0 Å². The number of carbonyl (C=O) groups excluding carboxylic acids is 1. The Morgan fingerprint density at radius 2 is 2.00 bits per heavy atom. The number of aromatic nitrogens is 1. The van der Waals surface area contributed by atoms with Crippen LogP contribution in [0.3, 0.4) is 0 Å². The number of pyridine rings is 1. The molecule has 0 aliphatic carbocycles. The highest BCUT2D eigenvalue weighted by molar-refractivity contribution is 6.07. The number of nitrogens with zero attached hydrogens (tertiary/aromatic N) is 1. The van der Waals surface area contributed by atoms with Crippen LogP contribution in [0.4, 0.5) is 15.9 Å². The zero-order valence-corrected chi connectivity index (χ0v) is 8.85. The molecule has 0 aliphatic rings. The summed E-state index contributed by atoms with van der Waals surface area (Å²) in [5.74, 6) is -0.552. The number of hydrogen-bond donors (Lipinski definition) is 2. The number of hydrogen-bond acceptors (Lipinski definition) is 3. The third kappa shape index (κ3) is 2.57. The van der Waals surface area contributed by atoms with Crippen molar-refractivity contribution in [3.05, 3.63) is 54.0 Å². The van der Waals surface area contributed by atoms with Crippen molar-refractivity contribution in [1.82, 2.24) is 4.98 Å². The molecule has 1 amide bonds. The minimum atomic E-state index is -0.456. The van der Waals surface area contributed by atoms with Gasteiger partial charge >= 0.3 is 0 Å². The highest BCUT2D eigenvalue weighted by Crippen LogP contribution is 2.13. The molecule has 0 saturated heterocycles. The van der Waals surface area contributed by atoms with Crippen molar-refractivity contribution >= 4 is 17.4 Å². The molecule has 2 rings (SSSR count). The summed E-state index contributed by atoms with van der Waals surface area (Å²) in [5.41, 5.74) is 6.40. The molecule has 17 heavy (non-hydrogen) atoms. The zero-order chi connectivity index (χ0) is 12.3. The molecule has 0 spiro atoms. The minimum absolute atomic E-state index is 0.277. The fourth-order valence-corrected chi connectivity index (χ4v) is 1.34. The molecule has 5 heteroatoms. The Hall–Kier alpha value is -2.43. The number of para-hydroxylation sites is 1. The SMILES string of the molecule is Nc1ccccc1C(=O)Nc1ccc(F)cn1. The van der Waals surface area contributed by atoms with E-state index in [4.69, 9.17) is 5.73 Å². The zero-order valence-electron chi connectivity index (χ0n) is 8.85. The second kappa shape index (κ2) is 4.61. The van der Waals surface area contributed by atoms with Crippen LogP contribution in [0.5, 0.6) is 0 Å². The van der Waals surface area contributed by atoms with Gasteiger partial charge in [-0.25, -0.2) is 9.37 Å². The van der Waals surface area contributed by atoms with Crippen molar-refractivity contribution in [2.45, 2.75) is 0 Å². The number of anilines is 2. The third-order valence-corrected chi connectivity index (χ3v) is 2.17. The fourth-order valence-electron chi connectivity index (χ4n) is 1.34. The maximum Gasteiger partial charge on any atom is 0.258 e. The molecule has 4 nitrogen and oxygen atoms in total. The average Bonchev–Trinajstić information content (AvgIpc) is 2.32. The van der Waals surface area contributed by atoms with Crippen molar-refractivity contribution in [3.8, 4) is 0 Å². The monoisotopic (exact) mass is 231 g/mol. The van der Waals surface area contributed by atoms with Crippen molar-refractivity contribution in [2.75, 3.05) is 11.1 Å². The maximum atomic E-state index is 12.6. The van der Waals surface area contributed by atoms with E-state index in [9.17, 15) is 9.18 Å². The Labute approximate surface area is 97.3 Å². The lowest BCUT2D eigenvalue weighted by Gasteiger charge is -2.06. The molecule has 1 aromatic heterocycles. The smallest absolute Gasteiger partial charge is 0.258 e. The van der Waals surface area contributed by atoms with Gasteiger partial charge in [0, 0.05) is 5.69 Å². The summed E-state index contributed by atoms with van der Waals surface area (Å²) >= 11 is 0. The van der Waals surface area contributed by atoms with Gasteiger partial charge in [-0.15, -0.1) is 0 Å². The van der Waals surface area contributed by atoms with Gasteiger partial charge in [0.15, 0.2) is 0 Å². The summed E-state index contributed by atoms with van der Waals surface area (Å²) in [6, 6.07) is 9.29. The van der Waals surface area contributed by atoms with E-state index in [1.807, 2.05) is 0 Å². The molecule has 1 aromatic carbocycles. The molecular formula is C12H10FN3O. The van der Waals surface area contributed by atoms with E-state index in [1.165, 1.54) is 12.1 Å². The summed E-state index contributed by atoms with van der Waals surface area (Å²) in [7, 11) is 0. The normalized spacial score (nSPS) is 9.94. The molecule has 0 radical (unpaired) electrons. The van der Waals surface area contributed by atoms with Crippen LogP contribution >= 0.6 is 0 Å². The number of carbonyl (C=O) groups is 1. The van der Waals surface area contributed by atoms with E-state index in [1.54, 1.807) is 24.3 Å². The van der Waals surface area contributed by atoms with Crippen molar-refractivity contribution in [1.29, 1.82) is 0 Å². The topological polar surface area (TPSA) is 68.0 Å². The Bertz CT molecular complexity index is 540. The molecule has 0 atom stereocenters. The number of nitrogens with two attached hydrogens (primary N) is 1. The first-order valence-corrected chi connectivity index (χ1v) is 4.94. The minimum Gasteiger partial charge on any atom is -0.398 e. The van der Waals surface area contributed by atoms with Gasteiger partial charge in [0.1, 0.15) is 11.6 Å².